The highest BCUT2D eigenvalue weighted by Gasteiger charge is 2.22. The Kier molecular flexibility index (Phi) is 5.56. The molecule has 24 heavy (non-hydrogen) atoms. The van der Waals surface area contributed by atoms with Gasteiger partial charge in [-0.25, -0.2) is 0 Å². The van der Waals surface area contributed by atoms with Crippen LogP contribution >= 0.6 is 0 Å². The van der Waals surface area contributed by atoms with Crippen molar-refractivity contribution in [3.63, 3.8) is 0 Å². The molecule has 1 atom stereocenters. The van der Waals surface area contributed by atoms with Crippen LogP contribution in [0.2, 0.25) is 0 Å². The number of benzene rings is 2. The number of ether oxygens (including phenoxy) is 4. The molecule has 0 saturated carbocycles. The van der Waals surface area contributed by atoms with Gasteiger partial charge in [0.1, 0.15) is 12.4 Å². The Labute approximate surface area is 142 Å². The monoisotopic (exact) mass is 329 g/mol. The third-order valence-electron chi connectivity index (χ3n) is 4.05. The summed E-state index contributed by atoms with van der Waals surface area (Å²) in [5, 5.41) is 3.46. The van der Waals surface area contributed by atoms with Crippen molar-refractivity contribution < 1.29 is 18.9 Å². The standard InChI is InChI=1S/C19H23NO4/c1-21-18-10-15(16-13-23-9-8-20-16)17(11-19(18)22-2)24-12-14-6-4-3-5-7-14/h3-7,10-11,16,20H,8-9,12-13H2,1-2H3/t16-/m1/s1. The van der Waals surface area contributed by atoms with Crippen LogP contribution in [0.3, 0.4) is 0 Å². The molecule has 0 bridgehead atoms. The Morgan fingerprint density at radius 1 is 1.04 bits per heavy atom. The Bertz CT molecular complexity index is 654. The smallest absolute Gasteiger partial charge is 0.164 e. The topological polar surface area (TPSA) is 49.0 Å². The van der Waals surface area contributed by atoms with E-state index in [1.165, 1.54) is 0 Å². The number of rotatable bonds is 6. The summed E-state index contributed by atoms with van der Waals surface area (Å²) in [6, 6.07) is 14.0. The van der Waals surface area contributed by atoms with E-state index in [4.69, 9.17) is 18.9 Å². The third-order valence-corrected chi connectivity index (χ3v) is 4.05. The number of nitrogens with one attached hydrogen (secondary N) is 1. The summed E-state index contributed by atoms with van der Waals surface area (Å²) in [7, 11) is 3.26. The lowest BCUT2D eigenvalue weighted by molar-refractivity contribution is 0.0756. The predicted molar refractivity (Wildman–Crippen MR) is 91.9 cm³/mol. The normalized spacial score (nSPS) is 17.3. The molecule has 1 heterocycles. The molecule has 5 heteroatoms. The molecule has 5 nitrogen and oxygen atoms in total. The van der Waals surface area contributed by atoms with Crippen molar-refractivity contribution >= 4 is 0 Å². The van der Waals surface area contributed by atoms with Crippen molar-refractivity contribution in [3.05, 3.63) is 53.6 Å². The highest BCUT2D eigenvalue weighted by molar-refractivity contribution is 5.52. The summed E-state index contributed by atoms with van der Waals surface area (Å²) in [6.07, 6.45) is 0. The zero-order chi connectivity index (χ0) is 16.8. The molecular formula is C19H23NO4. The van der Waals surface area contributed by atoms with E-state index in [9.17, 15) is 0 Å². The Morgan fingerprint density at radius 2 is 1.79 bits per heavy atom. The van der Waals surface area contributed by atoms with Gasteiger partial charge in [-0.05, 0) is 11.6 Å². The van der Waals surface area contributed by atoms with E-state index >= 15 is 0 Å². The lowest BCUT2D eigenvalue weighted by Gasteiger charge is -2.27. The Morgan fingerprint density at radius 3 is 2.46 bits per heavy atom. The van der Waals surface area contributed by atoms with E-state index in [1.807, 2.05) is 42.5 Å². The van der Waals surface area contributed by atoms with Crippen molar-refractivity contribution in [2.75, 3.05) is 34.0 Å². The second-order valence-electron chi connectivity index (χ2n) is 5.60. The van der Waals surface area contributed by atoms with Crippen LogP contribution in [0.25, 0.3) is 0 Å². The minimum absolute atomic E-state index is 0.0735. The summed E-state index contributed by atoms with van der Waals surface area (Å²) in [4.78, 5) is 0. The van der Waals surface area contributed by atoms with Crippen molar-refractivity contribution in [1.29, 1.82) is 0 Å². The predicted octanol–water partition coefficient (Wildman–Crippen LogP) is 2.94. The third kappa shape index (κ3) is 3.80. The summed E-state index contributed by atoms with van der Waals surface area (Å²) in [5.74, 6) is 2.12. The summed E-state index contributed by atoms with van der Waals surface area (Å²) in [5.41, 5.74) is 2.13. The van der Waals surface area contributed by atoms with Gasteiger partial charge >= 0.3 is 0 Å². The number of hydrogen-bond acceptors (Lipinski definition) is 5. The first-order chi connectivity index (χ1) is 11.8. The van der Waals surface area contributed by atoms with Crippen molar-refractivity contribution in [2.45, 2.75) is 12.6 Å². The van der Waals surface area contributed by atoms with E-state index in [1.54, 1.807) is 14.2 Å². The number of methoxy groups -OCH3 is 2. The largest absolute Gasteiger partial charge is 0.493 e. The molecule has 1 N–H and O–H groups in total. The van der Waals surface area contributed by atoms with Gasteiger partial charge in [-0.15, -0.1) is 0 Å². The summed E-state index contributed by atoms with van der Waals surface area (Å²) in [6.45, 7) is 2.65. The van der Waals surface area contributed by atoms with E-state index < -0.39 is 0 Å². The maximum atomic E-state index is 6.09. The average Bonchev–Trinajstić information content (AvgIpc) is 2.67. The second kappa shape index (κ2) is 8.04. The molecule has 0 amide bonds. The Balaban J connectivity index is 1.88. The van der Waals surface area contributed by atoms with Gasteiger partial charge < -0.3 is 24.3 Å². The van der Waals surface area contributed by atoms with Crippen LogP contribution in [0.1, 0.15) is 17.2 Å². The van der Waals surface area contributed by atoms with Gasteiger partial charge in [0.15, 0.2) is 11.5 Å². The van der Waals surface area contributed by atoms with Gasteiger partial charge in [0, 0.05) is 18.2 Å². The first kappa shape index (κ1) is 16.6. The fraction of sp³-hybridized carbons (Fsp3) is 0.368. The van der Waals surface area contributed by atoms with Gasteiger partial charge in [0.2, 0.25) is 0 Å². The molecule has 2 aromatic carbocycles. The zero-order valence-electron chi connectivity index (χ0n) is 14.1. The number of morpholine rings is 1. The molecule has 0 aromatic heterocycles. The van der Waals surface area contributed by atoms with E-state index in [0.717, 1.165) is 30.0 Å². The molecule has 1 saturated heterocycles. The van der Waals surface area contributed by atoms with Crippen molar-refractivity contribution in [2.24, 2.45) is 0 Å². The average molecular weight is 329 g/mol. The first-order valence-corrected chi connectivity index (χ1v) is 8.05. The van der Waals surface area contributed by atoms with E-state index in [-0.39, 0.29) is 6.04 Å². The molecule has 0 radical (unpaired) electrons. The van der Waals surface area contributed by atoms with Gasteiger partial charge in [-0.2, -0.15) is 0 Å². The zero-order valence-corrected chi connectivity index (χ0v) is 14.1. The Hall–Kier alpha value is -2.24. The highest BCUT2D eigenvalue weighted by Crippen LogP contribution is 2.38. The highest BCUT2D eigenvalue weighted by atomic mass is 16.5. The fourth-order valence-electron chi connectivity index (χ4n) is 2.77. The molecule has 0 unspecified atom stereocenters. The summed E-state index contributed by atoms with van der Waals surface area (Å²) >= 11 is 0. The van der Waals surface area contributed by atoms with Gasteiger partial charge in [0.25, 0.3) is 0 Å². The maximum Gasteiger partial charge on any atom is 0.164 e. The quantitative estimate of drug-likeness (QED) is 0.883. The van der Waals surface area contributed by atoms with Crippen molar-refractivity contribution in [3.8, 4) is 17.2 Å². The van der Waals surface area contributed by atoms with Gasteiger partial charge in [0.05, 0.1) is 33.5 Å². The van der Waals surface area contributed by atoms with E-state index in [0.29, 0.717) is 24.7 Å². The van der Waals surface area contributed by atoms with Crippen LogP contribution in [0.4, 0.5) is 0 Å². The molecule has 0 spiro atoms. The minimum Gasteiger partial charge on any atom is -0.493 e. The lowest BCUT2D eigenvalue weighted by atomic mass is 10.0. The van der Waals surface area contributed by atoms with Crippen LogP contribution in [-0.4, -0.2) is 34.0 Å². The lowest BCUT2D eigenvalue weighted by Crippen LogP contribution is -2.34. The molecule has 1 fully saturated rings. The fourth-order valence-corrected chi connectivity index (χ4v) is 2.77. The van der Waals surface area contributed by atoms with E-state index in [2.05, 4.69) is 5.32 Å². The second-order valence-corrected chi connectivity index (χ2v) is 5.60. The SMILES string of the molecule is COc1cc(OCc2ccccc2)c([C@H]2COCCN2)cc1OC. The minimum atomic E-state index is 0.0735. The molecular weight excluding hydrogens is 306 g/mol. The van der Waals surface area contributed by atoms with Crippen LogP contribution < -0.4 is 19.5 Å². The molecule has 1 aliphatic rings. The van der Waals surface area contributed by atoms with Gasteiger partial charge in [-0.1, -0.05) is 30.3 Å². The van der Waals surface area contributed by atoms with Crippen LogP contribution in [0.5, 0.6) is 17.2 Å². The van der Waals surface area contributed by atoms with Crippen LogP contribution in [0.15, 0.2) is 42.5 Å². The molecule has 128 valence electrons. The molecule has 1 aliphatic heterocycles. The van der Waals surface area contributed by atoms with Crippen molar-refractivity contribution in [1.82, 2.24) is 5.32 Å². The molecule has 0 aliphatic carbocycles. The van der Waals surface area contributed by atoms with Gasteiger partial charge in [-0.3, -0.25) is 0 Å². The summed E-state index contributed by atoms with van der Waals surface area (Å²) < 4.78 is 22.5. The maximum absolute atomic E-state index is 6.09. The molecule has 3 rings (SSSR count). The molecule has 2 aromatic rings. The first-order valence-electron chi connectivity index (χ1n) is 8.05. The number of hydrogen-bond donors (Lipinski definition) is 1. The van der Waals surface area contributed by atoms with Crippen LogP contribution in [0, 0.1) is 0 Å². The van der Waals surface area contributed by atoms with Crippen LogP contribution in [-0.2, 0) is 11.3 Å².